The van der Waals surface area contributed by atoms with E-state index in [-0.39, 0.29) is 11.8 Å². The first-order valence-corrected chi connectivity index (χ1v) is 7.93. The van der Waals surface area contributed by atoms with E-state index in [2.05, 4.69) is 15.4 Å². The molecular formula is C16H18F3N5O. The molecule has 1 fully saturated rings. The van der Waals surface area contributed by atoms with Gasteiger partial charge in [0.2, 0.25) is 5.91 Å². The number of aromatic nitrogens is 3. The molecule has 0 bridgehead atoms. The zero-order valence-corrected chi connectivity index (χ0v) is 13.6. The summed E-state index contributed by atoms with van der Waals surface area (Å²) in [5.74, 6) is -0.0177. The van der Waals surface area contributed by atoms with Crippen molar-refractivity contribution in [2.24, 2.45) is 5.92 Å². The first kappa shape index (κ1) is 17.2. The molecule has 1 N–H and O–H groups in total. The summed E-state index contributed by atoms with van der Waals surface area (Å²) in [5, 5.41) is 6.50. The summed E-state index contributed by atoms with van der Waals surface area (Å²) in [6.45, 7) is 1.26. The van der Waals surface area contributed by atoms with Gasteiger partial charge < -0.3 is 10.2 Å². The van der Waals surface area contributed by atoms with Gasteiger partial charge in [0.05, 0.1) is 29.3 Å². The third-order valence-electron chi connectivity index (χ3n) is 4.39. The van der Waals surface area contributed by atoms with E-state index in [1.54, 1.807) is 19.3 Å². The number of halogens is 3. The van der Waals surface area contributed by atoms with Crippen LogP contribution in [0.3, 0.4) is 0 Å². The summed E-state index contributed by atoms with van der Waals surface area (Å²) in [4.78, 5) is 17.8. The lowest BCUT2D eigenvalue weighted by molar-refractivity contribution is -0.137. The molecule has 1 saturated heterocycles. The first-order valence-electron chi connectivity index (χ1n) is 7.93. The lowest BCUT2D eigenvalue weighted by Crippen LogP contribution is -2.40. The summed E-state index contributed by atoms with van der Waals surface area (Å²) in [6.07, 6.45) is 1.84. The highest BCUT2D eigenvalue weighted by Gasteiger charge is 2.33. The second kappa shape index (κ2) is 6.73. The molecule has 1 aliphatic rings. The highest BCUT2D eigenvalue weighted by Crippen LogP contribution is 2.32. The SMILES string of the molecule is CNC(=O)C1CCN(c2cnccc2-n2cc(C(F)(F)F)cn2)CC1. The quantitative estimate of drug-likeness (QED) is 0.919. The van der Waals surface area contributed by atoms with Crippen LogP contribution in [0.15, 0.2) is 30.9 Å². The van der Waals surface area contributed by atoms with Crippen molar-refractivity contribution in [1.29, 1.82) is 0 Å². The number of nitrogens with zero attached hydrogens (tertiary/aromatic N) is 4. The van der Waals surface area contributed by atoms with Gasteiger partial charge in [-0.2, -0.15) is 18.3 Å². The second-order valence-electron chi connectivity index (χ2n) is 5.91. The van der Waals surface area contributed by atoms with Gasteiger partial charge in [-0.3, -0.25) is 9.78 Å². The van der Waals surface area contributed by atoms with E-state index in [1.165, 1.54) is 10.9 Å². The molecule has 2 aromatic rings. The second-order valence-corrected chi connectivity index (χ2v) is 5.91. The van der Waals surface area contributed by atoms with Gasteiger partial charge in [-0.25, -0.2) is 4.68 Å². The molecule has 1 aliphatic heterocycles. The zero-order chi connectivity index (χ0) is 18.0. The van der Waals surface area contributed by atoms with Crippen LogP contribution in [0.25, 0.3) is 5.69 Å². The number of piperidine rings is 1. The van der Waals surface area contributed by atoms with Crippen LogP contribution in [0.2, 0.25) is 0 Å². The van der Waals surface area contributed by atoms with Crippen LogP contribution < -0.4 is 10.2 Å². The van der Waals surface area contributed by atoms with Crippen molar-refractivity contribution in [3.8, 4) is 5.69 Å². The Hall–Kier alpha value is -2.58. The van der Waals surface area contributed by atoms with Crippen LogP contribution in [0.4, 0.5) is 18.9 Å². The number of rotatable bonds is 3. The van der Waals surface area contributed by atoms with Gasteiger partial charge in [0.25, 0.3) is 0 Å². The van der Waals surface area contributed by atoms with Gasteiger partial charge in [0.1, 0.15) is 0 Å². The van der Waals surface area contributed by atoms with Crippen molar-refractivity contribution >= 4 is 11.6 Å². The lowest BCUT2D eigenvalue weighted by atomic mass is 9.95. The molecule has 9 heteroatoms. The Kier molecular flexibility index (Phi) is 4.65. The Morgan fingerprint density at radius 3 is 2.56 bits per heavy atom. The van der Waals surface area contributed by atoms with Gasteiger partial charge in [-0.1, -0.05) is 0 Å². The molecule has 0 atom stereocenters. The maximum atomic E-state index is 12.8. The van der Waals surface area contributed by atoms with E-state index in [1.807, 2.05) is 4.90 Å². The van der Waals surface area contributed by atoms with Gasteiger partial charge >= 0.3 is 6.18 Å². The van der Waals surface area contributed by atoms with Gasteiger partial charge in [0.15, 0.2) is 0 Å². The van der Waals surface area contributed by atoms with E-state index in [0.717, 1.165) is 12.4 Å². The predicted molar refractivity (Wildman–Crippen MR) is 85.4 cm³/mol. The topological polar surface area (TPSA) is 63.1 Å². The molecular weight excluding hydrogens is 335 g/mol. The Balaban J connectivity index is 1.83. The number of carbonyl (C=O) groups is 1. The summed E-state index contributed by atoms with van der Waals surface area (Å²) >= 11 is 0. The minimum atomic E-state index is -4.43. The van der Waals surface area contributed by atoms with Gasteiger partial charge in [-0.15, -0.1) is 0 Å². The molecule has 3 heterocycles. The minimum Gasteiger partial charge on any atom is -0.368 e. The van der Waals surface area contributed by atoms with Crippen LogP contribution in [0.1, 0.15) is 18.4 Å². The van der Waals surface area contributed by atoms with E-state index in [9.17, 15) is 18.0 Å². The van der Waals surface area contributed by atoms with Crippen LogP contribution in [-0.2, 0) is 11.0 Å². The van der Waals surface area contributed by atoms with E-state index in [4.69, 9.17) is 0 Å². The van der Waals surface area contributed by atoms with Crippen molar-refractivity contribution in [2.75, 3.05) is 25.0 Å². The van der Waals surface area contributed by atoms with Crippen molar-refractivity contribution < 1.29 is 18.0 Å². The van der Waals surface area contributed by atoms with Crippen LogP contribution in [-0.4, -0.2) is 40.8 Å². The molecule has 0 radical (unpaired) electrons. The Morgan fingerprint density at radius 2 is 1.96 bits per heavy atom. The predicted octanol–water partition coefficient (Wildman–Crippen LogP) is 2.25. The fraction of sp³-hybridized carbons (Fsp3) is 0.438. The molecule has 134 valence electrons. The number of hydrogen-bond acceptors (Lipinski definition) is 4. The van der Waals surface area contributed by atoms with Crippen molar-refractivity contribution in [3.63, 3.8) is 0 Å². The molecule has 0 aliphatic carbocycles. The first-order chi connectivity index (χ1) is 11.9. The van der Waals surface area contributed by atoms with Crippen molar-refractivity contribution in [2.45, 2.75) is 19.0 Å². The molecule has 3 rings (SSSR count). The number of anilines is 1. The zero-order valence-electron chi connectivity index (χ0n) is 13.6. The van der Waals surface area contributed by atoms with E-state index in [0.29, 0.717) is 37.3 Å². The lowest BCUT2D eigenvalue weighted by Gasteiger charge is -2.33. The average molecular weight is 353 g/mol. The standard InChI is InChI=1S/C16H18F3N5O/c1-20-15(25)11-3-6-23(7-4-11)14-9-21-5-2-13(14)24-10-12(8-22-24)16(17,18)19/h2,5,8-11H,3-4,6-7H2,1H3,(H,20,25). The van der Waals surface area contributed by atoms with Gasteiger partial charge in [0, 0.05) is 38.4 Å². The summed E-state index contributed by atoms with van der Waals surface area (Å²) in [5.41, 5.74) is 0.437. The summed E-state index contributed by atoms with van der Waals surface area (Å²) in [6, 6.07) is 1.63. The van der Waals surface area contributed by atoms with Crippen molar-refractivity contribution in [1.82, 2.24) is 20.1 Å². The van der Waals surface area contributed by atoms with Gasteiger partial charge in [-0.05, 0) is 18.9 Å². The third kappa shape index (κ3) is 3.59. The normalized spacial score (nSPS) is 16.1. The fourth-order valence-electron chi connectivity index (χ4n) is 3.00. The highest BCUT2D eigenvalue weighted by atomic mass is 19.4. The van der Waals surface area contributed by atoms with E-state index < -0.39 is 11.7 Å². The molecule has 0 spiro atoms. The van der Waals surface area contributed by atoms with Crippen LogP contribution >= 0.6 is 0 Å². The molecule has 6 nitrogen and oxygen atoms in total. The summed E-state index contributed by atoms with van der Waals surface area (Å²) in [7, 11) is 1.61. The fourth-order valence-corrected chi connectivity index (χ4v) is 3.00. The molecule has 25 heavy (non-hydrogen) atoms. The molecule has 0 unspecified atom stereocenters. The number of carbonyl (C=O) groups excluding carboxylic acids is 1. The number of amides is 1. The Morgan fingerprint density at radius 1 is 1.24 bits per heavy atom. The molecule has 0 aromatic carbocycles. The highest BCUT2D eigenvalue weighted by molar-refractivity contribution is 5.78. The molecule has 0 saturated carbocycles. The van der Waals surface area contributed by atoms with Crippen molar-refractivity contribution in [3.05, 3.63) is 36.4 Å². The average Bonchev–Trinajstić information content (AvgIpc) is 3.11. The molecule has 1 amide bonds. The largest absolute Gasteiger partial charge is 0.419 e. The monoisotopic (exact) mass is 353 g/mol. The number of hydrogen-bond donors (Lipinski definition) is 1. The number of alkyl halides is 3. The summed E-state index contributed by atoms with van der Waals surface area (Å²) < 4.78 is 39.6. The smallest absolute Gasteiger partial charge is 0.368 e. The van der Waals surface area contributed by atoms with Crippen LogP contribution in [0, 0.1) is 5.92 Å². The Labute approximate surface area is 142 Å². The van der Waals surface area contributed by atoms with E-state index >= 15 is 0 Å². The minimum absolute atomic E-state index is 0.0213. The third-order valence-corrected chi connectivity index (χ3v) is 4.39. The molecule has 2 aromatic heterocycles. The maximum absolute atomic E-state index is 12.8. The number of nitrogens with one attached hydrogen (secondary N) is 1. The Bertz CT molecular complexity index is 750. The maximum Gasteiger partial charge on any atom is 0.419 e. The number of pyridine rings is 1. The van der Waals surface area contributed by atoms with Crippen LogP contribution in [0.5, 0.6) is 0 Å².